The van der Waals surface area contributed by atoms with Gasteiger partial charge >= 0.3 is 0 Å². The van der Waals surface area contributed by atoms with E-state index in [4.69, 9.17) is 0 Å². The van der Waals surface area contributed by atoms with Gasteiger partial charge in [0.25, 0.3) is 0 Å². The van der Waals surface area contributed by atoms with Crippen molar-refractivity contribution in [2.24, 2.45) is 0 Å². The number of aromatic nitrogens is 1. The minimum atomic E-state index is -0.922. The Bertz CT molecular complexity index is 467. The summed E-state index contributed by atoms with van der Waals surface area (Å²) in [4.78, 5) is 0. The highest BCUT2D eigenvalue weighted by Crippen LogP contribution is 2.24. The van der Waals surface area contributed by atoms with Crippen LogP contribution in [-0.4, -0.2) is 5.11 Å². The third kappa shape index (κ3) is 2.08. The van der Waals surface area contributed by atoms with E-state index in [0.717, 1.165) is 0 Å². The summed E-state index contributed by atoms with van der Waals surface area (Å²) >= 11 is 3.26. The molecule has 1 aromatic carbocycles. The van der Waals surface area contributed by atoms with E-state index in [9.17, 15) is 10.3 Å². The zero-order valence-electron chi connectivity index (χ0n) is 8.38. The summed E-state index contributed by atoms with van der Waals surface area (Å²) in [7, 11) is 0. The second kappa shape index (κ2) is 4.63. The molecule has 0 aliphatic rings. The van der Waals surface area contributed by atoms with Crippen molar-refractivity contribution >= 4 is 15.9 Å². The fourth-order valence-electron chi connectivity index (χ4n) is 1.52. The predicted octanol–water partition coefficient (Wildman–Crippen LogP) is 2.16. The average molecular weight is 280 g/mol. The average Bonchev–Trinajstić information content (AvgIpc) is 2.30. The lowest BCUT2D eigenvalue weighted by Gasteiger charge is -2.12. The number of aliphatic hydroxyl groups is 1. The van der Waals surface area contributed by atoms with Crippen LogP contribution in [0.4, 0.5) is 0 Å². The first-order chi connectivity index (χ1) is 7.70. The van der Waals surface area contributed by atoms with Crippen LogP contribution >= 0.6 is 15.9 Å². The van der Waals surface area contributed by atoms with E-state index in [1.165, 1.54) is 6.20 Å². The molecule has 4 heteroatoms. The Balaban J connectivity index is 2.46. The van der Waals surface area contributed by atoms with Crippen LogP contribution in [0.5, 0.6) is 0 Å². The van der Waals surface area contributed by atoms with Crippen molar-refractivity contribution in [2.45, 2.75) is 6.10 Å². The predicted molar refractivity (Wildman–Crippen MR) is 63.6 cm³/mol. The Hall–Kier alpha value is -1.39. The summed E-state index contributed by atoms with van der Waals surface area (Å²) < 4.78 is 1.27. The van der Waals surface area contributed by atoms with Crippen molar-refractivity contribution in [1.82, 2.24) is 0 Å². The van der Waals surface area contributed by atoms with Crippen LogP contribution in [0.25, 0.3) is 0 Å². The maximum absolute atomic E-state index is 11.6. The van der Waals surface area contributed by atoms with E-state index in [1.807, 2.05) is 18.2 Å². The van der Waals surface area contributed by atoms with Crippen LogP contribution in [0.3, 0.4) is 0 Å². The molecule has 0 fully saturated rings. The normalized spacial score (nSPS) is 12.4. The van der Waals surface area contributed by atoms with E-state index in [2.05, 4.69) is 15.9 Å². The molecule has 3 nitrogen and oxygen atoms in total. The summed E-state index contributed by atoms with van der Waals surface area (Å²) in [5.74, 6) is 0. The van der Waals surface area contributed by atoms with E-state index in [0.29, 0.717) is 20.5 Å². The number of halogens is 1. The lowest BCUT2D eigenvalue weighted by atomic mass is 10.1. The van der Waals surface area contributed by atoms with Crippen molar-refractivity contribution in [3.05, 3.63) is 69.6 Å². The molecular formula is C12H10BrNO2. The first-order valence-electron chi connectivity index (χ1n) is 4.80. The smallest absolute Gasteiger partial charge is 0.240 e. The van der Waals surface area contributed by atoms with Gasteiger partial charge in [0.05, 0.1) is 4.47 Å². The van der Waals surface area contributed by atoms with Gasteiger partial charge in [0.15, 0.2) is 12.3 Å². The van der Waals surface area contributed by atoms with Gasteiger partial charge in [-0.2, -0.15) is 4.73 Å². The topological polar surface area (TPSA) is 47.2 Å². The lowest BCUT2D eigenvalue weighted by Crippen LogP contribution is -2.33. The molecule has 16 heavy (non-hydrogen) atoms. The summed E-state index contributed by atoms with van der Waals surface area (Å²) in [5, 5.41) is 21.7. The molecule has 1 atom stereocenters. The molecular weight excluding hydrogens is 270 g/mol. The molecule has 1 N–H and O–H groups in total. The molecule has 1 unspecified atom stereocenters. The summed E-state index contributed by atoms with van der Waals surface area (Å²) in [6.45, 7) is 0. The van der Waals surface area contributed by atoms with Crippen LogP contribution in [0.15, 0.2) is 53.1 Å². The van der Waals surface area contributed by atoms with Gasteiger partial charge in [0.2, 0.25) is 5.69 Å². The summed E-state index contributed by atoms with van der Waals surface area (Å²) in [6.07, 6.45) is 0.445. The Morgan fingerprint density at radius 1 is 1.12 bits per heavy atom. The van der Waals surface area contributed by atoms with Crippen LogP contribution < -0.4 is 4.73 Å². The van der Waals surface area contributed by atoms with E-state index in [1.54, 1.807) is 24.3 Å². The third-order valence-electron chi connectivity index (χ3n) is 2.32. The number of hydrogen-bond acceptors (Lipinski definition) is 2. The fourth-order valence-corrected chi connectivity index (χ4v) is 2.07. The molecule has 0 amide bonds. The van der Waals surface area contributed by atoms with Gasteiger partial charge < -0.3 is 10.3 Å². The zero-order valence-corrected chi connectivity index (χ0v) is 9.96. The minimum absolute atomic E-state index is 0.300. The van der Waals surface area contributed by atoms with Crippen LogP contribution in [0, 0.1) is 5.21 Å². The SMILES string of the molecule is [O-][n+]1cccc(Br)c1C(O)c1ccccc1. The Morgan fingerprint density at radius 2 is 1.81 bits per heavy atom. The molecule has 0 aliphatic heterocycles. The number of pyridine rings is 1. The van der Waals surface area contributed by atoms with Crippen molar-refractivity contribution < 1.29 is 9.84 Å². The van der Waals surface area contributed by atoms with Gasteiger partial charge in [-0.05, 0) is 27.6 Å². The number of aliphatic hydroxyl groups excluding tert-OH is 1. The second-order valence-corrected chi connectivity index (χ2v) is 4.23. The van der Waals surface area contributed by atoms with Crippen molar-refractivity contribution in [2.75, 3.05) is 0 Å². The summed E-state index contributed by atoms with van der Waals surface area (Å²) in [6, 6.07) is 12.4. The first kappa shape index (κ1) is 11.1. The van der Waals surface area contributed by atoms with Crippen LogP contribution in [0.2, 0.25) is 0 Å². The Kier molecular flexibility index (Phi) is 3.22. The molecule has 1 heterocycles. The minimum Gasteiger partial charge on any atom is -0.618 e. The molecule has 0 saturated heterocycles. The molecule has 2 aromatic rings. The van der Waals surface area contributed by atoms with Gasteiger partial charge in [-0.1, -0.05) is 30.3 Å². The second-order valence-electron chi connectivity index (χ2n) is 3.38. The molecule has 0 spiro atoms. The van der Waals surface area contributed by atoms with E-state index < -0.39 is 6.10 Å². The quantitative estimate of drug-likeness (QED) is 0.677. The third-order valence-corrected chi connectivity index (χ3v) is 2.99. The number of hydrogen-bond donors (Lipinski definition) is 1. The Labute approximate surface area is 102 Å². The van der Waals surface area contributed by atoms with Crippen LogP contribution in [0.1, 0.15) is 17.4 Å². The standard InChI is InChI=1S/C12H10BrNO2/c13-10-7-4-8-14(16)11(10)12(15)9-5-2-1-3-6-9/h1-8,12,15H. The lowest BCUT2D eigenvalue weighted by molar-refractivity contribution is -0.618. The maximum atomic E-state index is 11.6. The van der Waals surface area contributed by atoms with Crippen molar-refractivity contribution in [3.8, 4) is 0 Å². The molecule has 82 valence electrons. The molecule has 0 aliphatic carbocycles. The van der Waals surface area contributed by atoms with Crippen molar-refractivity contribution in [1.29, 1.82) is 0 Å². The number of nitrogens with zero attached hydrogens (tertiary/aromatic N) is 1. The van der Waals surface area contributed by atoms with E-state index >= 15 is 0 Å². The van der Waals surface area contributed by atoms with Gasteiger partial charge in [0.1, 0.15) is 0 Å². The highest BCUT2D eigenvalue weighted by Gasteiger charge is 2.21. The monoisotopic (exact) mass is 279 g/mol. The van der Waals surface area contributed by atoms with Gasteiger partial charge in [0, 0.05) is 6.07 Å². The Morgan fingerprint density at radius 3 is 2.44 bits per heavy atom. The number of rotatable bonds is 2. The van der Waals surface area contributed by atoms with Crippen LogP contribution in [-0.2, 0) is 0 Å². The number of benzene rings is 1. The molecule has 0 bridgehead atoms. The zero-order chi connectivity index (χ0) is 11.5. The fraction of sp³-hybridized carbons (Fsp3) is 0.0833. The van der Waals surface area contributed by atoms with Gasteiger partial charge in [-0.3, -0.25) is 0 Å². The molecule has 2 rings (SSSR count). The van der Waals surface area contributed by atoms with E-state index in [-0.39, 0.29) is 0 Å². The highest BCUT2D eigenvalue weighted by molar-refractivity contribution is 9.10. The van der Waals surface area contributed by atoms with Crippen molar-refractivity contribution in [3.63, 3.8) is 0 Å². The highest BCUT2D eigenvalue weighted by atomic mass is 79.9. The van der Waals surface area contributed by atoms with Gasteiger partial charge in [-0.15, -0.1) is 0 Å². The maximum Gasteiger partial charge on any atom is 0.240 e. The van der Waals surface area contributed by atoms with Gasteiger partial charge in [-0.25, -0.2) is 0 Å². The summed E-state index contributed by atoms with van der Waals surface area (Å²) in [5.41, 5.74) is 0.993. The molecule has 1 aromatic heterocycles. The largest absolute Gasteiger partial charge is 0.618 e. The first-order valence-corrected chi connectivity index (χ1v) is 5.60. The molecule has 0 saturated carbocycles. The molecule has 0 radical (unpaired) electrons.